The highest BCUT2D eigenvalue weighted by Gasteiger charge is 2.07. The normalized spacial score (nSPS) is 11.8. The fourth-order valence-electron chi connectivity index (χ4n) is 2.58. The Balaban J connectivity index is 1.96. The minimum absolute atomic E-state index is 0.0325. The fraction of sp³-hybridized carbons (Fsp3) is 0.476. The van der Waals surface area contributed by atoms with Crippen LogP contribution in [0.3, 0.4) is 0 Å². The van der Waals surface area contributed by atoms with Crippen molar-refractivity contribution in [3.8, 4) is 0 Å². The summed E-state index contributed by atoms with van der Waals surface area (Å²) in [5.74, 6) is 1.15. The minimum Gasteiger partial charge on any atom is -0.357 e. The smallest absolute Gasteiger partial charge is 0.238 e. The van der Waals surface area contributed by atoms with Gasteiger partial charge in [0.1, 0.15) is 5.01 Å². The number of nitrogens with one attached hydrogen (secondary N) is 3. The van der Waals surface area contributed by atoms with Crippen LogP contribution >= 0.6 is 11.3 Å². The molecule has 0 aliphatic heterocycles. The molecule has 0 saturated carbocycles. The largest absolute Gasteiger partial charge is 0.357 e. The molecule has 29 heavy (non-hydrogen) atoms. The van der Waals surface area contributed by atoms with E-state index in [4.69, 9.17) is 0 Å². The van der Waals surface area contributed by atoms with Gasteiger partial charge in [-0.15, -0.1) is 11.3 Å². The lowest BCUT2D eigenvalue weighted by Gasteiger charge is -2.12. The predicted octanol–water partition coefficient (Wildman–Crippen LogP) is 3.02. The SMILES string of the molecule is CCNC(=NCc1cccc(NC(=O)CN(C)C)c1)NCc1nc(C(C)C)cs1. The zero-order chi connectivity index (χ0) is 21.2. The van der Waals surface area contributed by atoms with Crippen molar-refractivity contribution in [1.29, 1.82) is 0 Å². The number of rotatable bonds is 9. The van der Waals surface area contributed by atoms with E-state index in [0.29, 0.717) is 25.6 Å². The zero-order valence-electron chi connectivity index (χ0n) is 18.0. The van der Waals surface area contributed by atoms with Crippen molar-refractivity contribution in [1.82, 2.24) is 20.5 Å². The van der Waals surface area contributed by atoms with Gasteiger partial charge in [0.05, 0.1) is 25.3 Å². The number of anilines is 1. The number of benzene rings is 1. The molecule has 7 nitrogen and oxygen atoms in total. The number of aromatic nitrogens is 1. The van der Waals surface area contributed by atoms with Crippen molar-refractivity contribution >= 4 is 28.9 Å². The monoisotopic (exact) mass is 416 g/mol. The second-order valence-corrected chi connectivity index (χ2v) is 8.30. The summed E-state index contributed by atoms with van der Waals surface area (Å²) in [6.45, 7) is 8.63. The molecule has 0 spiro atoms. The molecule has 0 aliphatic rings. The van der Waals surface area contributed by atoms with Crippen LogP contribution in [-0.4, -0.2) is 48.9 Å². The lowest BCUT2D eigenvalue weighted by molar-refractivity contribution is -0.116. The van der Waals surface area contributed by atoms with E-state index in [2.05, 4.69) is 45.2 Å². The van der Waals surface area contributed by atoms with E-state index >= 15 is 0 Å². The summed E-state index contributed by atoms with van der Waals surface area (Å²) in [5, 5.41) is 12.7. The first-order valence-electron chi connectivity index (χ1n) is 9.87. The van der Waals surface area contributed by atoms with Crippen LogP contribution in [0.2, 0.25) is 0 Å². The number of guanidine groups is 1. The molecule has 158 valence electrons. The summed E-state index contributed by atoms with van der Waals surface area (Å²) in [5.41, 5.74) is 2.94. The molecule has 0 atom stereocenters. The lowest BCUT2D eigenvalue weighted by atomic mass is 10.2. The average molecular weight is 417 g/mol. The van der Waals surface area contributed by atoms with Gasteiger partial charge in [0.2, 0.25) is 5.91 Å². The summed E-state index contributed by atoms with van der Waals surface area (Å²) in [6.07, 6.45) is 0. The van der Waals surface area contributed by atoms with Crippen LogP contribution in [-0.2, 0) is 17.9 Å². The predicted molar refractivity (Wildman–Crippen MR) is 121 cm³/mol. The third-order valence-electron chi connectivity index (χ3n) is 4.00. The number of nitrogens with zero attached hydrogens (tertiary/aromatic N) is 3. The Morgan fingerprint density at radius 2 is 2.07 bits per heavy atom. The van der Waals surface area contributed by atoms with Crippen LogP contribution in [0, 0.1) is 0 Å². The lowest BCUT2D eigenvalue weighted by Crippen LogP contribution is -2.36. The molecular formula is C21H32N6OS. The first-order chi connectivity index (χ1) is 13.9. The first kappa shape index (κ1) is 22.8. The zero-order valence-corrected chi connectivity index (χ0v) is 18.8. The molecular weight excluding hydrogens is 384 g/mol. The molecule has 8 heteroatoms. The Morgan fingerprint density at radius 1 is 1.28 bits per heavy atom. The number of likely N-dealkylation sites (N-methyl/N-ethyl adjacent to an activating group) is 1. The molecule has 2 rings (SSSR count). The molecule has 0 bridgehead atoms. The summed E-state index contributed by atoms with van der Waals surface area (Å²) < 4.78 is 0. The maximum Gasteiger partial charge on any atom is 0.238 e. The Labute approximate surface area is 177 Å². The highest BCUT2D eigenvalue weighted by atomic mass is 32.1. The molecule has 1 aromatic carbocycles. The second kappa shape index (κ2) is 11.5. The summed E-state index contributed by atoms with van der Waals surface area (Å²) in [6, 6.07) is 7.78. The van der Waals surface area contributed by atoms with Crippen LogP contribution in [0.15, 0.2) is 34.6 Å². The molecule has 2 aromatic rings. The first-order valence-corrected chi connectivity index (χ1v) is 10.7. The van der Waals surface area contributed by atoms with Gasteiger partial charge in [-0.3, -0.25) is 4.79 Å². The van der Waals surface area contributed by atoms with Gasteiger partial charge in [0, 0.05) is 17.6 Å². The molecule has 3 N–H and O–H groups in total. The van der Waals surface area contributed by atoms with Crippen molar-refractivity contribution < 1.29 is 4.79 Å². The van der Waals surface area contributed by atoms with E-state index in [1.54, 1.807) is 11.3 Å². The Kier molecular flexibility index (Phi) is 9.08. The van der Waals surface area contributed by atoms with E-state index in [-0.39, 0.29) is 5.91 Å². The fourth-order valence-corrected chi connectivity index (χ4v) is 3.47. The molecule has 0 unspecified atom stereocenters. The number of aliphatic imine (C=N–C) groups is 1. The molecule has 1 heterocycles. The van der Waals surface area contributed by atoms with Crippen molar-refractivity contribution in [3.05, 3.63) is 45.9 Å². The van der Waals surface area contributed by atoms with Gasteiger partial charge in [-0.2, -0.15) is 0 Å². The average Bonchev–Trinajstić information content (AvgIpc) is 3.13. The van der Waals surface area contributed by atoms with Gasteiger partial charge in [0.15, 0.2) is 5.96 Å². The number of hydrogen-bond donors (Lipinski definition) is 3. The maximum absolute atomic E-state index is 11.9. The van der Waals surface area contributed by atoms with Crippen LogP contribution in [0.5, 0.6) is 0 Å². The molecule has 0 radical (unpaired) electrons. The molecule has 1 aromatic heterocycles. The molecule has 0 aliphatic carbocycles. The minimum atomic E-state index is -0.0325. The standard InChI is InChI=1S/C21H32N6OS/c1-6-22-21(24-12-20-26-18(14-29-20)15(2)3)23-11-16-8-7-9-17(10-16)25-19(28)13-27(4)5/h7-10,14-15H,6,11-13H2,1-5H3,(H,25,28)(H2,22,23,24). The summed E-state index contributed by atoms with van der Waals surface area (Å²) in [4.78, 5) is 23.1. The maximum atomic E-state index is 11.9. The van der Waals surface area contributed by atoms with Crippen molar-refractivity contribution in [2.45, 2.75) is 39.8 Å². The Morgan fingerprint density at radius 3 is 2.72 bits per heavy atom. The van der Waals surface area contributed by atoms with Gasteiger partial charge in [0.25, 0.3) is 0 Å². The Bertz CT molecular complexity index is 815. The topological polar surface area (TPSA) is 81.7 Å². The third-order valence-corrected chi connectivity index (χ3v) is 4.87. The van der Waals surface area contributed by atoms with Gasteiger partial charge in [-0.1, -0.05) is 26.0 Å². The Hall–Kier alpha value is -2.45. The van der Waals surface area contributed by atoms with Gasteiger partial charge < -0.3 is 20.9 Å². The van der Waals surface area contributed by atoms with Crippen molar-refractivity contribution in [2.75, 3.05) is 32.5 Å². The van der Waals surface area contributed by atoms with Crippen LogP contribution in [0.1, 0.15) is 43.0 Å². The van der Waals surface area contributed by atoms with E-state index in [0.717, 1.165) is 34.5 Å². The molecule has 0 saturated heterocycles. The van der Waals surface area contributed by atoms with E-state index < -0.39 is 0 Å². The van der Waals surface area contributed by atoms with Crippen LogP contribution < -0.4 is 16.0 Å². The van der Waals surface area contributed by atoms with Crippen molar-refractivity contribution in [3.63, 3.8) is 0 Å². The number of amides is 1. The number of carbonyl (C=O) groups is 1. The highest BCUT2D eigenvalue weighted by molar-refractivity contribution is 7.09. The van der Waals surface area contributed by atoms with Crippen molar-refractivity contribution in [2.24, 2.45) is 4.99 Å². The third kappa shape index (κ3) is 8.21. The second-order valence-electron chi connectivity index (χ2n) is 7.36. The van der Waals surface area contributed by atoms with Gasteiger partial charge >= 0.3 is 0 Å². The van der Waals surface area contributed by atoms with E-state index in [1.165, 1.54) is 0 Å². The number of hydrogen-bond acceptors (Lipinski definition) is 5. The number of carbonyl (C=O) groups excluding carboxylic acids is 1. The molecule has 1 amide bonds. The summed E-state index contributed by atoms with van der Waals surface area (Å²) >= 11 is 1.66. The van der Waals surface area contributed by atoms with Gasteiger partial charge in [-0.05, 0) is 44.6 Å². The highest BCUT2D eigenvalue weighted by Crippen LogP contribution is 2.17. The summed E-state index contributed by atoms with van der Waals surface area (Å²) in [7, 11) is 3.74. The number of thiazole rings is 1. The molecule has 0 fully saturated rings. The van der Waals surface area contributed by atoms with Crippen LogP contribution in [0.25, 0.3) is 0 Å². The van der Waals surface area contributed by atoms with Crippen LogP contribution in [0.4, 0.5) is 5.69 Å². The quantitative estimate of drug-likeness (QED) is 0.432. The van der Waals surface area contributed by atoms with Gasteiger partial charge in [-0.25, -0.2) is 9.98 Å². The van der Waals surface area contributed by atoms with E-state index in [9.17, 15) is 4.79 Å². The van der Waals surface area contributed by atoms with E-state index in [1.807, 2.05) is 50.2 Å².